The van der Waals surface area contributed by atoms with E-state index in [0.29, 0.717) is 19.4 Å². The number of aryl methyl sites for hydroxylation is 2. The van der Waals surface area contributed by atoms with Crippen molar-refractivity contribution in [2.75, 3.05) is 40.3 Å². The quantitative estimate of drug-likeness (QED) is 0.410. The van der Waals surface area contributed by atoms with Gasteiger partial charge in [0.25, 0.3) is 0 Å². The zero-order valence-electron chi connectivity index (χ0n) is 21.6. The Morgan fingerprint density at radius 1 is 1.09 bits per heavy atom. The Morgan fingerprint density at radius 2 is 1.89 bits per heavy atom. The molecular weight excluding hydrogens is 438 g/mol. The van der Waals surface area contributed by atoms with Crippen LogP contribution in [-0.2, 0) is 17.8 Å². The second-order valence-corrected chi connectivity index (χ2v) is 9.17. The molecule has 6 nitrogen and oxygen atoms in total. The first-order valence-electron chi connectivity index (χ1n) is 12.5. The highest BCUT2D eigenvalue weighted by Gasteiger charge is 2.26. The van der Waals surface area contributed by atoms with Gasteiger partial charge in [-0.25, -0.2) is 0 Å². The average Bonchev–Trinajstić information content (AvgIpc) is 3.26. The SMILES string of the molecule is CCN(C)CCN(CC)C(=O)CCc1cc2c(n1-c1ccc(C)cc1OC)-c1ccccc1OC2. The summed E-state index contributed by atoms with van der Waals surface area (Å²) >= 11 is 0. The average molecular weight is 476 g/mol. The Labute approximate surface area is 209 Å². The lowest BCUT2D eigenvalue weighted by atomic mass is 10.0. The van der Waals surface area contributed by atoms with Crippen molar-refractivity contribution in [2.24, 2.45) is 0 Å². The molecule has 0 saturated carbocycles. The summed E-state index contributed by atoms with van der Waals surface area (Å²) < 4.78 is 14.1. The van der Waals surface area contributed by atoms with Crippen LogP contribution < -0.4 is 9.47 Å². The van der Waals surface area contributed by atoms with Crippen molar-refractivity contribution >= 4 is 5.91 Å². The minimum atomic E-state index is 0.190. The maximum absolute atomic E-state index is 13.2. The van der Waals surface area contributed by atoms with E-state index in [1.807, 2.05) is 23.1 Å². The molecule has 1 aliphatic rings. The van der Waals surface area contributed by atoms with E-state index < -0.39 is 0 Å². The van der Waals surface area contributed by atoms with Gasteiger partial charge in [-0.05, 0) is 69.8 Å². The van der Waals surface area contributed by atoms with Crippen LogP contribution in [0.4, 0.5) is 0 Å². The minimum Gasteiger partial charge on any atom is -0.495 e. The van der Waals surface area contributed by atoms with E-state index in [1.54, 1.807) is 7.11 Å². The van der Waals surface area contributed by atoms with Crippen LogP contribution in [0, 0.1) is 6.92 Å². The van der Waals surface area contributed by atoms with Gasteiger partial charge in [0.2, 0.25) is 5.91 Å². The van der Waals surface area contributed by atoms with Gasteiger partial charge in [0.15, 0.2) is 0 Å². The van der Waals surface area contributed by atoms with E-state index in [-0.39, 0.29) is 5.91 Å². The van der Waals surface area contributed by atoms with Gasteiger partial charge < -0.3 is 23.8 Å². The van der Waals surface area contributed by atoms with E-state index >= 15 is 0 Å². The molecule has 35 heavy (non-hydrogen) atoms. The van der Waals surface area contributed by atoms with Crippen LogP contribution in [-0.4, -0.2) is 60.6 Å². The fourth-order valence-electron chi connectivity index (χ4n) is 4.70. The summed E-state index contributed by atoms with van der Waals surface area (Å²) in [5.74, 6) is 1.89. The Hall–Kier alpha value is -3.25. The molecule has 0 aliphatic carbocycles. The number of hydrogen-bond donors (Lipinski definition) is 0. The maximum Gasteiger partial charge on any atom is 0.222 e. The molecule has 0 bridgehead atoms. The molecule has 4 rings (SSSR count). The molecule has 1 amide bonds. The molecule has 0 spiro atoms. The first kappa shape index (κ1) is 24.9. The van der Waals surface area contributed by atoms with E-state index in [4.69, 9.17) is 9.47 Å². The number of aromatic nitrogens is 1. The number of carbonyl (C=O) groups excluding carboxylic acids is 1. The highest BCUT2D eigenvalue weighted by molar-refractivity contribution is 5.78. The number of nitrogens with zero attached hydrogens (tertiary/aromatic N) is 3. The Kier molecular flexibility index (Phi) is 7.81. The summed E-state index contributed by atoms with van der Waals surface area (Å²) in [7, 11) is 3.80. The number of ether oxygens (including phenoxy) is 2. The van der Waals surface area contributed by atoms with Crippen LogP contribution in [0.1, 0.15) is 37.1 Å². The smallest absolute Gasteiger partial charge is 0.222 e. The standard InChI is InChI=1S/C29H37N3O3/c1-6-30(4)16-17-31(7-2)28(33)15-13-23-19-22-20-35-26-11-9-8-10-24(26)29(22)32(23)25-14-12-21(3)18-27(25)34-5/h8-12,14,18-19H,6-7,13,15-17,20H2,1-5H3. The normalized spacial score (nSPS) is 12.2. The van der Waals surface area contributed by atoms with Crippen molar-refractivity contribution in [3.8, 4) is 28.4 Å². The summed E-state index contributed by atoms with van der Waals surface area (Å²) in [5.41, 5.74) is 6.52. The molecular formula is C29H37N3O3. The molecule has 3 aromatic rings. The lowest BCUT2D eigenvalue weighted by Crippen LogP contribution is -2.37. The van der Waals surface area contributed by atoms with Crippen LogP contribution in [0.25, 0.3) is 16.9 Å². The summed E-state index contributed by atoms with van der Waals surface area (Å²) in [5, 5.41) is 0. The van der Waals surface area contributed by atoms with Crippen molar-refractivity contribution in [3.05, 3.63) is 65.4 Å². The molecule has 186 valence electrons. The van der Waals surface area contributed by atoms with Gasteiger partial charge >= 0.3 is 0 Å². The highest BCUT2D eigenvalue weighted by Crippen LogP contribution is 2.42. The van der Waals surface area contributed by atoms with Crippen molar-refractivity contribution in [1.82, 2.24) is 14.4 Å². The highest BCUT2D eigenvalue weighted by atomic mass is 16.5. The molecule has 1 aliphatic heterocycles. The fourth-order valence-corrected chi connectivity index (χ4v) is 4.70. The van der Waals surface area contributed by atoms with Gasteiger partial charge in [0.05, 0.1) is 18.5 Å². The number of amides is 1. The van der Waals surface area contributed by atoms with Gasteiger partial charge in [0.1, 0.15) is 18.1 Å². The van der Waals surface area contributed by atoms with Crippen LogP contribution in [0.15, 0.2) is 48.5 Å². The maximum atomic E-state index is 13.2. The summed E-state index contributed by atoms with van der Waals surface area (Å²) in [4.78, 5) is 17.3. The molecule has 2 aromatic carbocycles. The molecule has 0 fully saturated rings. The number of likely N-dealkylation sites (N-methyl/N-ethyl adjacent to an activating group) is 2. The Morgan fingerprint density at radius 3 is 2.63 bits per heavy atom. The van der Waals surface area contributed by atoms with Crippen LogP contribution in [0.5, 0.6) is 11.5 Å². The first-order chi connectivity index (χ1) is 17.0. The van der Waals surface area contributed by atoms with E-state index in [2.05, 4.69) is 67.6 Å². The largest absolute Gasteiger partial charge is 0.495 e. The molecule has 1 aromatic heterocycles. The third kappa shape index (κ3) is 5.22. The van der Waals surface area contributed by atoms with Crippen LogP contribution in [0.3, 0.4) is 0 Å². The van der Waals surface area contributed by atoms with Crippen molar-refractivity contribution in [2.45, 2.75) is 40.2 Å². The van der Waals surface area contributed by atoms with E-state index in [9.17, 15) is 4.79 Å². The summed E-state index contributed by atoms with van der Waals surface area (Å²) in [6, 6.07) is 16.6. The van der Waals surface area contributed by atoms with Crippen molar-refractivity contribution in [3.63, 3.8) is 0 Å². The van der Waals surface area contributed by atoms with Crippen molar-refractivity contribution < 1.29 is 14.3 Å². The third-order valence-electron chi connectivity index (χ3n) is 6.88. The number of carbonyl (C=O) groups is 1. The molecule has 0 saturated heterocycles. The Bertz CT molecular complexity index is 1180. The molecule has 0 radical (unpaired) electrons. The number of methoxy groups -OCH3 is 1. The zero-order valence-corrected chi connectivity index (χ0v) is 21.6. The first-order valence-corrected chi connectivity index (χ1v) is 12.5. The zero-order chi connectivity index (χ0) is 24.9. The second kappa shape index (κ2) is 11.0. The van der Waals surface area contributed by atoms with Crippen LogP contribution in [0.2, 0.25) is 0 Å². The molecule has 2 heterocycles. The lowest BCUT2D eigenvalue weighted by molar-refractivity contribution is -0.131. The molecule has 6 heteroatoms. The Balaban J connectivity index is 1.70. The number of fused-ring (bicyclic) bond motifs is 3. The van der Waals surface area contributed by atoms with Gasteiger partial charge in [-0.1, -0.05) is 25.1 Å². The number of hydrogen-bond acceptors (Lipinski definition) is 4. The molecule has 0 atom stereocenters. The lowest BCUT2D eigenvalue weighted by Gasteiger charge is -2.24. The molecule has 0 unspecified atom stereocenters. The predicted octanol–water partition coefficient (Wildman–Crippen LogP) is 5.09. The van der Waals surface area contributed by atoms with E-state index in [1.165, 1.54) is 0 Å². The van der Waals surface area contributed by atoms with Gasteiger partial charge in [0, 0.05) is 42.9 Å². The topological polar surface area (TPSA) is 46.9 Å². The van der Waals surface area contributed by atoms with Gasteiger partial charge in [-0.15, -0.1) is 0 Å². The van der Waals surface area contributed by atoms with E-state index in [0.717, 1.165) is 71.4 Å². The predicted molar refractivity (Wildman–Crippen MR) is 141 cm³/mol. The minimum absolute atomic E-state index is 0.190. The fraction of sp³-hybridized carbons (Fsp3) is 0.414. The number of para-hydroxylation sites is 1. The third-order valence-corrected chi connectivity index (χ3v) is 6.88. The van der Waals surface area contributed by atoms with Gasteiger partial charge in [-0.2, -0.15) is 0 Å². The monoisotopic (exact) mass is 475 g/mol. The van der Waals surface area contributed by atoms with Crippen LogP contribution >= 0.6 is 0 Å². The number of benzene rings is 2. The van der Waals surface area contributed by atoms with Crippen molar-refractivity contribution in [1.29, 1.82) is 0 Å². The molecule has 0 N–H and O–H groups in total. The second-order valence-electron chi connectivity index (χ2n) is 9.17. The summed E-state index contributed by atoms with van der Waals surface area (Å²) in [6.45, 7) is 10.1. The number of rotatable bonds is 10. The van der Waals surface area contributed by atoms with Gasteiger partial charge in [-0.3, -0.25) is 4.79 Å². The summed E-state index contributed by atoms with van der Waals surface area (Å²) in [6.07, 6.45) is 1.11.